The molecule has 0 atom stereocenters. The van der Waals surface area contributed by atoms with E-state index in [9.17, 15) is 14.4 Å². The number of carboxylic acids is 1. The van der Waals surface area contributed by atoms with Crippen LogP contribution >= 0.6 is 24.0 Å². The van der Waals surface area contributed by atoms with E-state index in [-0.39, 0.29) is 18.2 Å². The number of aliphatic carboxylic acids is 1. The summed E-state index contributed by atoms with van der Waals surface area (Å²) >= 11 is 6.61. The molecule has 1 saturated heterocycles. The molecule has 2 heterocycles. The molecule has 0 saturated carbocycles. The molecule has 2 aliphatic rings. The van der Waals surface area contributed by atoms with Gasteiger partial charge >= 0.3 is 5.97 Å². The zero-order chi connectivity index (χ0) is 22.7. The fraction of sp³-hybridized carbons (Fsp3) is 0.250. The van der Waals surface area contributed by atoms with Crippen molar-refractivity contribution in [2.24, 2.45) is 0 Å². The number of rotatable bonds is 8. The first-order valence-electron chi connectivity index (χ1n) is 10.4. The van der Waals surface area contributed by atoms with Crippen LogP contribution in [0.1, 0.15) is 36.8 Å². The van der Waals surface area contributed by atoms with Crippen LogP contribution in [-0.2, 0) is 20.9 Å². The molecular weight excluding hydrogens is 444 g/mol. The van der Waals surface area contributed by atoms with E-state index in [1.54, 1.807) is 4.90 Å². The summed E-state index contributed by atoms with van der Waals surface area (Å²) in [5.41, 5.74) is 2.94. The van der Waals surface area contributed by atoms with E-state index in [0.717, 1.165) is 16.8 Å². The van der Waals surface area contributed by atoms with Crippen molar-refractivity contribution >= 4 is 57.3 Å². The van der Waals surface area contributed by atoms with E-state index in [1.165, 1.54) is 16.7 Å². The lowest BCUT2D eigenvalue weighted by Crippen LogP contribution is -2.30. The molecule has 2 aliphatic heterocycles. The molecule has 32 heavy (non-hydrogen) atoms. The molecule has 0 unspecified atom stereocenters. The normalized spacial score (nSPS) is 17.9. The Morgan fingerprint density at radius 3 is 2.38 bits per heavy atom. The molecule has 4 rings (SSSR count). The number of hydrogen-bond acceptors (Lipinski definition) is 5. The van der Waals surface area contributed by atoms with Crippen molar-refractivity contribution in [3.05, 3.63) is 70.6 Å². The van der Waals surface area contributed by atoms with Crippen molar-refractivity contribution in [3.8, 4) is 0 Å². The number of unbranched alkanes of at least 4 members (excludes halogenated alkanes) is 2. The number of carbonyl (C=O) groups is 3. The second-order valence-electron chi connectivity index (χ2n) is 7.63. The number of fused-ring (bicyclic) bond motifs is 1. The predicted molar refractivity (Wildman–Crippen MR) is 129 cm³/mol. The molecular formula is C24H22N2O4S2. The highest BCUT2D eigenvalue weighted by Gasteiger charge is 2.41. The number of anilines is 1. The maximum absolute atomic E-state index is 13.5. The molecule has 2 amide bonds. The second-order valence-corrected chi connectivity index (χ2v) is 9.27. The smallest absolute Gasteiger partial charge is 0.303 e. The number of hydrogen-bond donors (Lipinski definition) is 1. The molecule has 0 radical (unpaired) electrons. The summed E-state index contributed by atoms with van der Waals surface area (Å²) < 4.78 is 0.433. The summed E-state index contributed by atoms with van der Waals surface area (Å²) in [5, 5.41) is 8.75. The van der Waals surface area contributed by atoms with Gasteiger partial charge < -0.3 is 10.0 Å². The van der Waals surface area contributed by atoms with E-state index in [4.69, 9.17) is 17.3 Å². The SMILES string of the molecule is O=C(O)CCCCCN1C(=O)/C(=C2/C(=O)N(Cc3ccccc3)c3ccccc32)SC1=S. The lowest BCUT2D eigenvalue weighted by atomic mass is 10.1. The molecule has 0 aromatic heterocycles. The van der Waals surface area contributed by atoms with E-state index in [0.29, 0.717) is 47.2 Å². The zero-order valence-corrected chi connectivity index (χ0v) is 19.0. The summed E-state index contributed by atoms with van der Waals surface area (Å²) in [6.07, 6.45) is 2.03. The van der Waals surface area contributed by atoms with Crippen LogP contribution < -0.4 is 4.90 Å². The Morgan fingerprint density at radius 2 is 1.62 bits per heavy atom. The molecule has 2 aromatic carbocycles. The lowest BCUT2D eigenvalue weighted by Gasteiger charge is -2.17. The minimum Gasteiger partial charge on any atom is -0.481 e. The van der Waals surface area contributed by atoms with Gasteiger partial charge in [0.25, 0.3) is 11.8 Å². The third-order valence-electron chi connectivity index (χ3n) is 5.46. The first-order valence-corrected chi connectivity index (χ1v) is 11.6. The number of benzene rings is 2. The van der Waals surface area contributed by atoms with E-state index in [2.05, 4.69) is 0 Å². The Kier molecular flexibility index (Phi) is 6.72. The topological polar surface area (TPSA) is 77.9 Å². The number of para-hydroxylation sites is 1. The van der Waals surface area contributed by atoms with Gasteiger partial charge in [-0.2, -0.15) is 0 Å². The van der Waals surface area contributed by atoms with E-state index in [1.807, 2.05) is 54.6 Å². The molecule has 0 spiro atoms. The maximum Gasteiger partial charge on any atom is 0.303 e. The van der Waals surface area contributed by atoms with Crippen LogP contribution in [-0.4, -0.2) is 38.7 Å². The van der Waals surface area contributed by atoms with Crippen LogP contribution in [0, 0.1) is 0 Å². The number of thiocarbonyl (C=S) groups is 1. The van der Waals surface area contributed by atoms with Crippen LogP contribution in [0.4, 0.5) is 5.69 Å². The summed E-state index contributed by atoms with van der Waals surface area (Å²) in [6, 6.07) is 17.3. The molecule has 0 bridgehead atoms. The third kappa shape index (κ3) is 4.47. The first kappa shape index (κ1) is 22.2. The number of carboxylic acid groups (broad SMARTS) is 1. The first-order chi connectivity index (χ1) is 15.5. The number of nitrogens with zero attached hydrogens (tertiary/aromatic N) is 2. The number of amides is 2. The van der Waals surface area contributed by atoms with Crippen molar-refractivity contribution in [2.45, 2.75) is 32.2 Å². The van der Waals surface area contributed by atoms with Crippen molar-refractivity contribution in [2.75, 3.05) is 11.4 Å². The van der Waals surface area contributed by atoms with Gasteiger partial charge in [0, 0.05) is 18.5 Å². The lowest BCUT2D eigenvalue weighted by molar-refractivity contribution is -0.137. The summed E-state index contributed by atoms with van der Waals surface area (Å²) in [6.45, 7) is 0.842. The van der Waals surface area contributed by atoms with Crippen LogP contribution in [0.3, 0.4) is 0 Å². The van der Waals surface area contributed by atoms with Crippen LogP contribution in [0.5, 0.6) is 0 Å². The highest BCUT2D eigenvalue weighted by Crippen LogP contribution is 2.45. The van der Waals surface area contributed by atoms with Crippen LogP contribution in [0.2, 0.25) is 0 Å². The fourth-order valence-corrected chi connectivity index (χ4v) is 5.27. The number of carbonyl (C=O) groups excluding carboxylic acids is 2. The molecule has 164 valence electrons. The van der Waals surface area contributed by atoms with Crippen molar-refractivity contribution in [1.29, 1.82) is 0 Å². The van der Waals surface area contributed by atoms with Gasteiger partial charge in [0.2, 0.25) is 0 Å². The van der Waals surface area contributed by atoms with E-state index < -0.39 is 5.97 Å². The molecule has 1 N–H and O–H groups in total. The van der Waals surface area contributed by atoms with Gasteiger partial charge in [-0.05, 0) is 24.5 Å². The van der Waals surface area contributed by atoms with Crippen LogP contribution in [0.25, 0.3) is 5.57 Å². The monoisotopic (exact) mass is 466 g/mol. The van der Waals surface area contributed by atoms with Gasteiger partial charge in [0.1, 0.15) is 4.32 Å². The molecule has 2 aromatic rings. The Morgan fingerprint density at radius 1 is 0.906 bits per heavy atom. The Labute approximate surface area is 195 Å². The zero-order valence-electron chi connectivity index (χ0n) is 17.3. The van der Waals surface area contributed by atoms with Crippen molar-refractivity contribution in [1.82, 2.24) is 4.90 Å². The highest BCUT2D eigenvalue weighted by molar-refractivity contribution is 8.26. The predicted octanol–water partition coefficient (Wildman–Crippen LogP) is 4.45. The highest BCUT2D eigenvalue weighted by atomic mass is 32.2. The Bertz CT molecular complexity index is 1110. The molecule has 0 aliphatic carbocycles. The molecule has 6 nitrogen and oxygen atoms in total. The van der Waals surface area contributed by atoms with Gasteiger partial charge in [-0.3, -0.25) is 19.3 Å². The standard InChI is InChI=1S/C24H22N2O4S2/c27-19(28)13-5-2-8-14-25-23(30)21(32-24(25)31)20-17-11-6-7-12-18(17)26(22(20)29)15-16-9-3-1-4-10-16/h1,3-4,6-7,9-12H,2,5,8,13-15H2,(H,27,28)/b21-20-. The quantitative estimate of drug-likeness (QED) is 0.352. The van der Waals surface area contributed by atoms with Gasteiger partial charge in [0.05, 0.1) is 22.7 Å². The third-order valence-corrected chi connectivity index (χ3v) is 6.90. The second kappa shape index (κ2) is 9.67. The van der Waals surface area contributed by atoms with Gasteiger partial charge in [-0.1, -0.05) is 78.9 Å². The average Bonchev–Trinajstić information content (AvgIpc) is 3.21. The largest absolute Gasteiger partial charge is 0.481 e. The number of thioether (sulfide) groups is 1. The van der Waals surface area contributed by atoms with Gasteiger partial charge in [-0.15, -0.1) is 0 Å². The molecule has 8 heteroatoms. The van der Waals surface area contributed by atoms with Crippen molar-refractivity contribution < 1.29 is 19.5 Å². The van der Waals surface area contributed by atoms with Crippen molar-refractivity contribution in [3.63, 3.8) is 0 Å². The van der Waals surface area contributed by atoms with Gasteiger partial charge in [0.15, 0.2) is 0 Å². The maximum atomic E-state index is 13.5. The average molecular weight is 467 g/mol. The molecule has 1 fully saturated rings. The summed E-state index contributed by atoms with van der Waals surface area (Å²) in [5.74, 6) is -1.27. The summed E-state index contributed by atoms with van der Waals surface area (Å²) in [7, 11) is 0. The Balaban J connectivity index is 1.57. The van der Waals surface area contributed by atoms with E-state index >= 15 is 0 Å². The minimum absolute atomic E-state index is 0.116. The Hall–Kier alpha value is -2.97. The summed E-state index contributed by atoms with van der Waals surface area (Å²) in [4.78, 5) is 40.9. The van der Waals surface area contributed by atoms with Crippen LogP contribution in [0.15, 0.2) is 59.5 Å². The fourth-order valence-electron chi connectivity index (χ4n) is 3.89. The van der Waals surface area contributed by atoms with Gasteiger partial charge in [-0.25, -0.2) is 0 Å². The minimum atomic E-state index is -0.821.